The van der Waals surface area contributed by atoms with Crippen LogP contribution in [0.15, 0.2) is 66.7 Å². The molecular weight excluding hydrogens is 312 g/mol. The molecule has 0 radical (unpaired) electrons. The van der Waals surface area contributed by atoms with Crippen LogP contribution >= 0.6 is 0 Å². The van der Waals surface area contributed by atoms with E-state index in [0.29, 0.717) is 5.57 Å². The first-order valence-corrected chi connectivity index (χ1v) is 8.20. The van der Waals surface area contributed by atoms with Crippen molar-refractivity contribution < 1.29 is 9.63 Å². The zero-order valence-corrected chi connectivity index (χ0v) is 14.7. The number of aromatic amines is 1. The van der Waals surface area contributed by atoms with E-state index in [1.807, 2.05) is 55.5 Å². The van der Waals surface area contributed by atoms with Crippen molar-refractivity contribution in [2.75, 3.05) is 7.11 Å². The van der Waals surface area contributed by atoms with Gasteiger partial charge in [-0.2, -0.15) is 0 Å². The van der Waals surface area contributed by atoms with Crippen molar-refractivity contribution in [1.29, 1.82) is 0 Å². The van der Waals surface area contributed by atoms with E-state index < -0.39 is 0 Å². The molecule has 4 nitrogen and oxygen atoms in total. The maximum atomic E-state index is 12.7. The Bertz CT molecular complexity index is 912. The number of carbonyl (C=O) groups is 1. The standard InChI is InChI=1S/C21H22N2O2/c1-14(2)21(24)23(25-4)20(16-10-6-5-7-11-16)19-15(3)22-18-13-9-8-12-17(18)19/h5-13,20,22H,1H2,2-4H3/t20-/m1/s1. The fourth-order valence-electron chi connectivity index (χ4n) is 3.20. The van der Waals surface area contributed by atoms with Crippen LogP contribution < -0.4 is 0 Å². The highest BCUT2D eigenvalue weighted by Gasteiger charge is 2.31. The van der Waals surface area contributed by atoms with Gasteiger partial charge in [-0.25, -0.2) is 5.06 Å². The van der Waals surface area contributed by atoms with Gasteiger partial charge in [0.25, 0.3) is 5.91 Å². The molecule has 3 aromatic rings. The first-order chi connectivity index (χ1) is 12.0. The van der Waals surface area contributed by atoms with Crippen LogP contribution in [0.1, 0.15) is 29.8 Å². The van der Waals surface area contributed by atoms with Crippen LogP contribution in [-0.2, 0) is 9.63 Å². The molecule has 0 aliphatic carbocycles. The summed E-state index contributed by atoms with van der Waals surface area (Å²) in [5.74, 6) is -0.235. The van der Waals surface area contributed by atoms with E-state index in [2.05, 4.69) is 17.6 Å². The molecule has 0 saturated heterocycles. The van der Waals surface area contributed by atoms with Gasteiger partial charge < -0.3 is 4.98 Å². The Balaban J connectivity index is 2.25. The summed E-state index contributed by atoms with van der Waals surface area (Å²) in [5, 5.41) is 2.48. The Morgan fingerprint density at radius 3 is 2.40 bits per heavy atom. The number of nitrogens with one attached hydrogen (secondary N) is 1. The highest BCUT2D eigenvalue weighted by molar-refractivity contribution is 5.93. The molecule has 0 fully saturated rings. The van der Waals surface area contributed by atoms with Crippen molar-refractivity contribution in [3.05, 3.63) is 83.6 Å². The maximum Gasteiger partial charge on any atom is 0.273 e. The van der Waals surface area contributed by atoms with Gasteiger partial charge in [0.2, 0.25) is 0 Å². The molecule has 1 aromatic heterocycles. The van der Waals surface area contributed by atoms with Crippen LogP contribution in [0, 0.1) is 6.92 Å². The second-order valence-corrected chi connectivity index (χ2v) is 6.12. The number of nitrogens with zero attached hydrogens (tertiary/aromatic N) is 1. The van der Waals surface area contributed by atoms with Gasteiger partial charge in [-0.05, 0) is 25.5 Å². The SMILES string of the molecule is C=C(C)C(=O)N(OC)[C@H](c1ccccc1)c1c(C)[nH]c2ccccc12. The number of H-pyrrole nitrogens is 1. The third-order valence-electron chi connectivity index (χ3n) is 4.33. The van der Waals surface area contributed by atoms with Crippen molar-refractivity contribution in [1.82, 2.24) is 10.0 Å². The van der Waals surface area contributed by atoms with E-state index in [1.165, 1.54) is 12.2 Å². The molecule has 1 heterocycles. The number of rotatable bonds is 5. The lowest BCUT2D eigenvalue weighted by Crippen LogP contribution is -2.35. The first-order valence-electron chi connectivity index (χ1n) is 8.20. The minimum Gasteiger partial charge on any atom is -0.358 e. The minimum atomic E-state index is -0.369. The molecule has 0 saturated carbocycles. The summed E-state index contributed by atoms with van der Waals surface area (Å²) < 4.78 is 0. The number of amides is 1. The quantitative estimate of drug-likeness (QED) is 0.550. The highest BCUT2D eigenvalue weighted by Crippen LogP contribution is 2.36. The molecular formula is C21H22N2O2. The number of fused-ring (bicyclic) bond motifs is 1. The number of carbonyl (C=O) groups excluding carboxylic acids is 1. The predicted octanol–water partition coefficient (Wildman–Crippen LogP) is 4.53. The summed E-state index contributed by atoms with van der Waals surface area (Å²) in [6.45, 7) is 7.50. The molecule has 0 aliphatic heterocycles. The molecule has 0 bridgehead atoms. The van der Waals surface area contributed by atoms with Crippen LogP contribution in [0.5, 0.6) is 0 Å². The summed E-state index contributed by atoms with van der Waals surface area (Å²) in [6, 6.07) is 17.6. The third kappa shape index (κ3) is 3.08. The summed E-state index contributed by atoms with van der Waals surface area (Å²) in [5.41, 5.74) is 4.48. The smallest absolute Gasteiger partial charge is 0.273 e. The van der Waals surface area contributed by atoms with E-state index in [0.717, 1.165) is 27.7 Å². The zero-order valence-electron chi connectivity index (χ0n) is 14.7. The van der Waals surface area contributed by atoms with Gasteiger partial charge in [-0.3, -0.25) is 9.63 Å². The third-order valence-corrected chi connectivity index (χ3v) is 4.33. The van der Waals surface area contributed by atoms with Gasteiger partial charge in [-0.1, -0.05) is 55.1 Å². The van der Waals surface area contributed by atoms with Crippen LogP contribution in [0.4, 0.5) is 0 Å². The number of para-hydroxylation sites is 1. The van der Waals surface area contributed by atoms with E-state index in [9.17, 15) is 4.79 Å². The van der Waals surface area contributed by atoms with Gasteiger partial charge in [0, 0.05) is 27.7 Å². The van der Waals surface area contributed by atoms with Crippen molar-refractivity contribution >= 4 is 16.8 Å². The number of aryl methyl sites for hydroxylation is 1. The summed E-state index contributed by atoms with van der Waals surface area (Å²) in [6.07, 6.45) is 0. The molecule has 0 unspecified atom stereocenters. The molecule has 0 aliphatic rings. The highest BCUT2D eigenvalue weighted by atomic mass is 16.7. The molecule has 25 heavy (non-hydrogen) atoms. The van der Waals surface area contributed by atoms with Crippen molar-refractivity contribution in [2.24, 2.45) is 0 Å². The molecule has 0 spiro atoms. The van der Waals surface area contributed by atoms with Gasteiger partial charge >= 0.3 is 0 Å². The minimum absolute atomic E-state index is 0.235. The Hall–Kier alpha value is -2.85. The van der Waals surface area contributed by atoms with E-state index in [1.54, 1.807) is 6.92 Å². The molecule has 2 aromatic carbocycles. The van der Waals surface area contributed by atoms with Gasteiger partial charge in [0.15, 0.2) is 0 Å². The Morgan fingerprint density at radius 2 is 1.76 bits per heavy atom. The summed E-state index contributed by atoms with van der Waals surface area (Å²) in [7, 11) is 1.51. The molecule has 3 rings (SSSR count). The lowest BCUT2D eigenvalue weighted by Gasteiger charge is -2.30. The summed E-state index contributed by atoms with van der Waals surface area (Å²) >= 11 is 0. The number of hydrogen-bond acceptors (Lipinski definition) is 2. The van der Waals surface area contributed by atoms with Crippen molar-refractivity contribution in [3.63, 3.8) is 0 Å². The first kappa shape index (κ1) is 17.0. The van der Waals surface area contributed by atoms with Crippen LogP contribution in [0.2, 0.25) is 0 Å². The van der Waals surface area contributed by atoms with Gasteiger partial charge in [0.1, 0.15) is 6.04 Å². The van der Waals surface area contributed by atoms with Crippen LogP contribution in [0.3, 0.4) is 0 Å². The number of hydrogen-bond donors (Lipinski definition) is 1. The van der Waals surface area contributed by atoms with Crippen molar-refractivity contribution in [2.45, 2.75) is 19.9 Å². The van der Waals surface area contributed by atoms with E-state index >= 15 is 0 Å². The fourth-order valence-corrected chi connectivity index (χ4v) is 3.20. The van der Waals surface area contributed by atoms with Crippen LogP contribution in [0.25, 0.3) is 10.9 Å². The average molecular weight is 334 g/mol. The Labute approximate surface area is 147 Å². The lowest BCUT2D eigenvalue weighted by molar-refractivity contribution is -0.180. The predicted molar refractivity (Wildman–Crippen MR) is 100.0 cm³/mol. The van der Waals surface area contributed by atoms with Crippen LogP contribution in [-0.4, -0.2) is 23.1 Å². The molecule has 1 atom stereocenters. The lowest BCUT2D eigenvalue weighted by atomic mass is 9.95. The fraction of sp³-hybridized carbons (Fsp3) is 0.190. The van der Waals surface area contributed by atoms with Gasteiger partial charge in [0.05, 0.1) is 7.11 Å². The number of benzene rings is 2. The monoisotopic (exact) mass is 334 g/mol. The second-order valence-electron chi connectivity index (χ2n) is 6.12. The summed E-state index contributed by atoms with van der Waals surface area (Å²) in [4.78, 5) is 21.7. The largest absolute Gasteiger partial charge is 0.358 e. The molecule has 128 valence electrons. The molecule has 1 N–H and O–H groups in total. The molecule has 1 amide bonds. The topological polar surface area (TPSA) is 45.3 Å². The van der Waals surface area contributed by atoms with Gasteiger partial charge in [-0.15, -0.1) is 0 Å². The average Bonchev–Trinajstić information content (AvgIpc) is 2.95. The Morgan fingerprint density at radius 1 is 1.12 bits per heavy atom. The van der Waals surface area contributed by atoms with Crippen molar-refractivity contribution in [3.8, 4) is 0 Å². The molecule has 4 heteroatoms. The zero-order chi connectivity index (χ0) is 18.0. The Kier molecular flexibility index (Phi) is 4.72. The maximum absolute atomic E-state index is 12.7. The normalized spacial score (nSPS) is 12.1. The van der Waals surface area contributed by atoms with E-state index in [-0.39, 0.29) is 11.9 Å². The van der Waals surface area contributed by atoms with E-state index in [4.69, 9.17) is 4.84 Å². The number of aromatic nitrogens is 1. The second kappa shape index (κ2) is 6.95. The number of hydroxylamine groups is 2.